The Hall–Kier alpha value is -1.33. The van der Waals surface area contributed by atoms with Crippen LogP contribution in [0.3, 0.4) is 0 Å². The fourth-order valence-electron chi connectivity index (χ4n) is 2.06. The smallest absolute Gasteiger partial charge is 0.199 e. The minimum atomic E-state index is -3.71. The van der Waals surface area contributed by atoms with Crippen molar-refractivity contribution in [2.75, 3.05) is 0 Å². The van der Waals surface area contributed by atoms with E-state index >= 15 is 0 Å². The van der Waals surface area contributed by atoms with Gasteiger partial charge in [-0.25, -0.2) is 0 Å². The van der Waals surface area contributed by atoms with Gasteiger partial charge in [0.1, 0.15) is 0 Å². The summed E-state index contributed by atoms with van der Waals surface area (Å²) in [7, 11) is -3.71. The second-order valence-corrected chi connectivity index (χ2v) is 8.25. The molecule has 0 saturated heterocycles. The predicted molar refractivity (Wildman–Crippen MR) is 84.4 cm³/mol. The van der Waals surface area contributed by atoms with Crippen LogP contribution in [0.25, 0.3) is 0 Å². The molecular weight excluding hydrogens is 308 g/mol. The summed E-state index contributed by atoms with van der Waals surface area (Å²) in [5.41, 5.74) is 1.98. The van der Waals surface area contributed by atoms with Crippen molar-refractivity contribution in [2.24, 2.45) is 0 Å². The molecule has 0 unspecified atom stereocenters. The van der Waals surface area contributed by atoms with Crippen LogP contribution in [0.4, 0.5) is 0 Å². The number of hydrogen-bond acceptors (Lipinski definition) is 3. The Labute approximate surface area is 130 Å². The predicted octanol–water partition coefficient (Wildman–Crippen LogP) is 3.69. The molecule has 0 bridgehead atoms. The van der Waals surface area contributed by atoms with Gasteiger partial charge in [0, 0.05) is 0 Å². The lowest BCUT2D eigenvalue weighted by atomic mass is 9.87. The van der Waals surface area contributed by atoms with Gasteiger partial charge in [-0.3, -0.25) is 0 Å². The third-order valence-electron chi connectivity index (χ3n) is 3.41. The second kappa shape index (κ2) is 5.14. The number of hydrogen-bond donors (Lipinski definition) is 0. The highest BCUT2D eigenvalue weighted by molar-refractivity contribution is 7.89. The van der Waals surface area contributed by atoms with Gasteiger partial charge in [-0.2, -0.15) is 17.6 Å². The first-order valence-corrected chi connectivity index (χ1v) is 8.45. The summed E-state index contributed by atoms with van der Waals surface area (Å²) in [5.74, 6) is 0. The van der Waals surface area contributed by atoms with Crippen LogP contribution >= 0.6 is 11.6 Å². The number of benzene rings is 1. The number of aryl methyl sites for hydroxylation is 1. The van der Waals surface area contributed by atoms with Gasteiger partial charge in [0.15, 0.2) is 0 Å². The van der Waals surface area contributed by atoms with E-state index in [9.17, 15) is 8.42 Å². The maximum absolute atomic E-state index is 12.6. The molecule has 0 aliphatic carbocycles. The van der Waals surface area contributed by atoms with Crippen molar-refractivity contribution in [3.8, 4) is 0 Å². The first-order chi connectivity index (χ1) is 9.55. The van der Waals surface area contributed by atoms with E-state index in [1.165, 1.54) is 0 Å². The third-order valence-corrected chi connectivity index (χ3v) is 5.63. The van der Waals surface area contributed by atoms with E-state index in [1.807, 2.05) is 12.1 Å². The standard InChI is InChI=1S/C15H19ClN2O2S/c1-10-14(16)11(2)18(17-10)21(19,20)13-8-6-12(7-9-13)15(3,4)5/h6-9H,1-5H3. The normalized spacial score (nSPS) is 12.7. The fraction of sp³-hybridized carbons (Fsp3) is 0.400. The van der Waals surface area contributed by atoms with Gasteiger partial charge in [-0.05, 0) is 37.0 Å². The highest BCUT2D eigenvalue weighted by Gasteiger charge is 2.23. The number of rotatable bonds is 2. The summed E-state index contributed by atoms with van der Waals surface area (Å²) in [6.07, 6.45) is 0. The van der Waals surface area contributed by atoms with Crippen molar-refractivity contribution >= 4 is 21.6 Å². The molecule has 0 aliphatic rings. The molecule has 0 spiro atoms. The van der Waals surface area contributed by atoms with E-state index in [-0.39, 0.29) is 10.3 Å². The average molecular weight is 327 g/mol. The monoisotopic (exact) mass is 326 g/mol. The molecule has 1 aromatic carbocycles. The van der Waals surface area contributed by atoms with Gasteiger partial charge < -0.3 is 0 Å². The topological polar surface area (TPSA) is 52.0 Å². The van der Waals surface area contributed by atoms with Crippen LogP contribution in [-0.4, -0.2) is 17.6 Å². The maximum Gasteiger partial charge on any atom is 0.283 e. The molecule has 114 valence electrons. The lowest BCUT2D eigenvalue weighted by Gasteiger charge is -2.19. The Morgan fingerprint density at radius 1 is 1.10 bits per heavy atom. The minimum absolute atomic E-state index is 0.0240. The Kier molecular flexibility index (Phi) is 3.93. The zero-order valence-corrected chi connectivity index (χ0v) is 14.4. The molecule has 0 N–H and O–H groups in total. The van der Waals surface area contributed by atoms with Crippen molar-refractivity contribution in [3.05, 3.63) is 46.2 Å². The van der Waals surface area contributed by atoms with Crippen LogP contribution in [0.5, 0.6) is 0 Å². The molecule has 0 atom stereocenters. The Morgan fingerprint density at radius 3 is 2.00 bits per heavy atom. The van der Waals surface area contributed by atoms with Gasteiger partial charge in [0.05, 0.1) is 21.3 Å². The average Bonchev–Trinajstić information content (AvgIpc) is 2.66. The van der Waals surface area contributed by atoms with Crippen molar-refractivity contribution < 1.29 is 8.42 Å². The van der Waals surface area contributed by atoms with Crippen LogP contribution in [0, 0.1) is 13.8 Å². The second-order valence-electron chi connectivity index (χ2n) is 6.11. The van der Waals surface area contributed by atoms with E-state index in [2.05, 4.69) is 25.9 Å². The zero-order chi connectivity index (χ0) is 16.0. The molecule has 0 radical (unpaired) electrons. The molecule has 21 heavy (non-hydrogen) atoms. The summed E-state index contributed by atoms with van der Waals surface area (Å²) in [6, 6.07) is 6.89. The minimum Gasteiger partial charge on any atom is -0.199 e. The zero-order valence-electron chi connectivity index (χ0n) is 12.8. The summed E-state index contributed by atoms with van der Waals surface area (Å²) in [5, 5.41) is 4.41. The van der Waals surface area contributed by atoms with Gasteiger partial charge in [0.2, 0.25) is 0 Å². The molecule has 4 nitrogen and oxygen atoms in total. The molecule has 0 amide bonds. The highest BCUT2D eigenvalue weighted by atomic mass is 35.5. The van der Waals surface area contributed by atoms with Gasteiger partial charge in [-0.1, -0.05) is 44.5 Å². The van der Waals surface area contributed by atoms with Crippen molar-refractivity contribution in [1.82, 2.24) is 9.19 Å². The van der Waals surface area contributed by atoms with Crippen molar-refractivity contribution in [3.63, 3.8) is 0 Å². The molecule has 0 saturated carbocycles. The van der Waals surface area contributed by atoms with Gasteiger partial charge in [0.25, 0.3) is 10.0 Å². The molecule has 6 heteroatoms. The van der Waals surface area contributed by atoms with E-state index in [4.69, 9.17) is 11.6 Å². The first-order valence-electron chi connectivity index (χ1n) is 6.63. The van der Waals surface area contributed by atoms with Crippen molar-refractivity contribution in [1.29, 1.82) is 0 Å². The Morgan fingerprint density at radius 2 is 1.62 bits per heavy atom. The van der Waals surface area contributed by atoms with Gasteiger partial charge in [-0.15, -0.1) is 0 Å². The molecule has 2 rings (SSSR count). The van der Waals surface area contributed by atoms with Crippen LogP contribution < -0.4 is 0 Å². The number of halogens is 1. The highest BCUT2D eigenvalue weighted by Crippen LogP contribution is 2.26. The number of nitrogens with zero attached hydrogens (tertiary/aromatic N) is 2. The van der Waals surface area contributed by atoms with E-state index in [0.717, 1.165) is 9.65 Å². The first kappa shape index (κ1) is 16.0. The molecule has 1 heterocycles. The van der Waals surface area contributed by atoms with E-state index < -0.39 is 10.0 Å². The Bertz CT molecular complexity index is 769. The maximum atomic E-state index is 12.6. The van der Waals surface area contributed by atoms with Crippen LogP contribution in [0.15, 0.2) is 29.2 Å². The summed E-state index contributed by atoms with van der Waals surface area (Å²) in [6.45, 7) is 9.57. The third kappa shape index (κ3) is 2.85. The molecule has 2 aromatic rings. The van der Waals surface area contributed by atoms with Gasteiger partial charge >= 0.3 is 0 Å². The molecule has 0 fully saturated rings. The summed E-state index contributed by atoms with van der Waals surface area (Å²) >= 11 is 6.03. The van der Waals surface area contributed by atoms with Crippen molar-refractivity contribution in [2.45, 2.75) is 44.9 Å². The molecule has 1 aromatic heterocycles. The van der Waals surface area contributed by atoms with Crippen LogP contribution in [-0.2, 0) is 15.4 Å². The lowest BCUT2D eigenvalue weighted by molar-refractivity contribution is 0.575. The largest absolute Gasteiger partial charge is 0.283 e. The Balaban J connectivity index is 2.52. The quantitative estimate of drug-likeness (QED) is 0.845. The van der Waals surface area contributed by atoms with Crippen LogP contribution in [0.1, 0.15) is 37.7 Å². The van der Waals surface area contributed by atoms with Crippen LogP contribution in [0.2, 0.25) is 5.02 Å². The summed E-state index contributed by atoms with van der Waals surface area (Å²) in [4.78, 5) is 0.206. The fourth-order valence-corrected chi connectivity index (χ4v) is 3.59. The lowest BCUT2D eigenvalue weighted by Crippen LogP contribution is -2.17. The van der Waals surface area contributed by atoms with E-state index in [1.54, 1.807) is 26.0 Å². The summed E-state index contributed by atoms with van der Waals surface area (Å²) < 4.78 is 26.2. The number of aromatic nitrogens is 2. The van der Waals surface area contributed by atoms with E-state index in [0.29, 0.717) is 16.4 Å². The molecule has 0 aliphatic heterocycles. The SMILES string of the molecule is Cc1nn(S(=O)(=O)c2ccc(C(C)(C)C)cc2)c(C)c1Cl. The molecular formula is C15H19ClN2O2S.